The number of methoxy groups -OCH3 is 1. The summed E-state index contributed by atoms with van der Waals surface area (Å²) in [5.41, 5.74) is 3.16. The minimum Gasteiger partial charge on any atom is -0.497 e. The zero-order chi connectivity index (χ0) is 23.7. The van der Waals surface area contributed by atoms with Crippen molar-refractivity contribution in [1.82, 2.24) is 14.8 Å². The minimum absolute atomic E-state index is 0.0167. The fourth-order valence-electron chi connectivity index (χ4n) is 4.31. The molecule has 2 aliphatic rings. The van der Waals surface area contributed by atoms with Crippen LogP contribution in [0.25, 0.3) is 11.4 Å². The Morgan fingerprint density at radius 2 is 2.06 bits per heavy atom. The number of hydrogen-bond acceptors (Lipinski definition) is 7. The molecule has 0 spiro atoms. The van der Waals surface area contributed by atoms with E-state index in [9.17, 15) is 9.59 Å². The number of nitrogens with zero attached hydrogens (tertiary/aromatic N) is 3. The van der Waals surface area contributed by atoms with Crippen molar-refractivity contribution in [3.63, 3.8) is 0 Å². The summed E-state index contributed by atoms with van der Waals surface area (Å²) in [4.78, 5) is 24.9. The Balaban J connectivity index is 1.36. The lowest BCUT2D eigenvalue weighted by Crippen LogP contribution is -2.17. The maximum atomic E-state index is 13.0. The predicted molar refractivity (Wildman–Crippen MR) is 130 cm³/mol. The molecule has 1 aromatic heterocycles. The van der Waals surface area contributed by atoms with Crippen molar-refractivity contribution < 1.29 is 19.1 Å². The van der Waals surface area contributed by atoms with E-state index in [0.717, 1.165) is 47.8 Å². The number of carbonyl (C=O) groups excluding carboxylic acids is 2. The van der Waals surface area contributed by atoms with Gasteiger partial charge in [-0.3, -0.25) is 14.2 Å². The third-order valence-corrected chi connectivity index (χ3v) is 7.27. The number of Topliss-reactive ketones (excluding diaryl/α,β-unsaturated/α-hetero) is 1. The average Bonchev–Trinajstić information content (AvgIpc) is 3.58. The van der Waals surface area contributed by atoms with Crippen LogP contribution in [0.15, 0.2) is 47.6 Å². The first-order valence-corrected chi connectivity index (χ1v) is 12.3. The number of thioether (sulfide) groups is 1. The highest BCUT2D eigenvalue weighted by Crippen LogP contribution is 2.33. The van der Waals surface area contributed by atoms with E-state index in [-0.39, 0.29) is 29.5 Å². The van der Waals surface area contributed by atoms with Gasteiger partial charge in [0.15, 0.2) is 16.8 Å². The molecule has 0 aliphatic carbocycles. The van der Waals surface area contributed by atoms with Crippen LogP contribution in [-0.2, 0) is 16.1 Å². The summed E-state index contributed by atoms with van der Waals surface area (Å²) in [7, 11) is 1.64. The van der Waals surface area contributed by atoms with Crippen LogP contribution in [0.2, 0.25) is 0 Å². The highest BCUT2D eigenvalue weighted by Gasteiger charge is 2.27. The molecule has 1 saturated heterocycles. The summed E-state index contributed by atoms with van der Waals surface area (Å²) in [6.45, 7) is 3.24. The van der Waals surface area contributed by atoms with Gasteiger partial charge in [-0.05, 0) is 67.8 Å². The third kappa shape index (κ3) is 4.45. The first kappa shape index (κ1) is 22.6. The highest BCUT2D eigenvalue weighted by molar-refractivity contribution is 7.99. The molecular weight excluding hydrogens is 452 g/mol. The lowest BCUT2D eigenvalue weighted by molar-refractivity contribution is -0.116. The van der Waals surface area contributed by atoms with Crippen LogP contribution in [0.4, 0.5) is 5.69 Å². The highest BCUT2D eigenvalue weighted by atomic mass is 32.2. The van der Waals surface area contributed by atoms with E-state index in [2.05, 4.69) is 15.5 Å². The van der Waals surface area contributed by atoms with Gasteiger partial charge in [0.2, 0.25) is 5.91 Å². The van der Waals surface area contributed by atoms with E-state index >= 15 is 0 Å². The first-order valence-electron chi connectivity index (χ1n) is 11.3. The molecular formula is C25H26N4O4S. The first-order chi connectivity index (χ1) is 16.5. The van der Waals surface area contributed by atoms with Crippen LogP contribution in [0.5, 0.6) is 5.75 Å². The third-order valence-electron chi connectivity index (χ3n) is 6.30. The fourth-order valence-corrected chi connectivity index (χ4v) is 5.15. The second-order valence-electron chi connectivity index (χ2n) is 8.51. The summed E-state index contributed by atoms with van der Waals surface area (Å²) in [6, 6.07) is 13.1. The summed E-state index contributed by atoms with van der Waals surface area (Å²) in [5.74, 6) is 1.43. The van der Waals surface area contributed by atoms with Crippen LogP contribution in [0.1, 0.15) is 41.6 Å². The lowest BCUT2D eigenvalue weighted by Gasteiger charge is -2.15. The van der Waals surface area contributed by atoms with Crippen molar-refractivity contribution >= 4 is 29.1 Å². The summed E-state index contributed by atoms with van der Waals surface area (Å²) >= 11 is 1.37. The maximum absolute atomic E-state index is 13.0. The van der Waals surface area contributed by atoms with Gasteiger partial charge >= 0.3 is 0 Å². The molecule has 2 aromatic carbocycles. The smallest absolute Gasteiger partial charge is 0.231 e. The van der Waals surface area contributed by atoms with Gasteiger partial charge < -0.3 is 14.8 Å². The Hall–Kier alpha value is -3.17. The molecule has 3 aromatic rings. The van der Waals surface area contributed by atoms with Crippen molar-refractivity contribution in [2.24, 2.45) is 0 Å². The number of carbonyl (C=O) groups is 2. The Morgan fingerprint density at radius 1 is 1.24 bits per heavy atom. The molecule has 1 N–H and O–H groups in total. The van der Waals surface area contributed by atoms with Crippen molar-refractivity contribution in [2.75, 3.05) is 24.8 Å². The maximum Gasteiger partial charge on any atom is 0.231 e. The minimum atomic E-state index is -0.253. The summed E-state index contributed by atoms with van der Waals surface area (Å²) in [5, 5.41) is 12.4. The van der Waals surface area contributed by atoms with Gasteiger partial charge in [-0.2, -0.15) is 0 Å². The van der Waals surface area contributed by atoms with Gasteiger partial charge in [0.25, 0.3) is 0 Å². The molecule has 8 nitrogen and oxygen atoms in total. The van der Waals surface area contributed by atoms with Crippen LogP contribution < -0.4 is 10.1 Å². The van der Waals surface area contributed by atoms with Gasteiger partial charge in [0, 0.05) is 23.4 Å². The number of benzene rings is 2. The Kier molecular flexibility index (Phi) is 6.38. The average molecular weight is 479 g/mol. The number of aromatic nitrogens is 3. The summed E-state index contributed by atoms with van der Waals surface area (Å²) < 4.78 is 13.2. The SMILES string of the molecule is COc1ccc(-c2nnc(SCC(=O)c3ccc4c(c3)[C@@H](C)C(=O)N4)n2C[C@H]2CCCO2)cc1. The quantitative estimate of drug-likeness (QED) is 0.384. The van der Waals surface area contributed by atoms with Gasteiger partial charge in [0.05, 0.1) is 31.4 Å². The van der Waals surface area contributed by atoms with Crippen molar-refractivity contribution in [1.29, 1.82) is 0 Å². The number of amides is 1. The number of ether oxygens (including phenoxy) is 2. The molecule has 2 atom stereocenters. The Bertz CT molecular complexity index is 1220. The molecule has 0 saturated carbocycles. The molecule has 34 heavy (non-hydrogen) atoms. The van der Waals surface area contributed by atoms with Gasteiger partial charge in [-0.1, -0.05) is 11.8 Å². The molecule has 176 valence electrons. The number of rotatable bonds is 8. The van der Waals surface area contributed by atoms with Gasteiger partial charge in [0.1, 0.15) is 5.75 Å². The molecule has 2 aliphatic heterocycles. The van der Waals surface area contributed by atoms with E-state index in [1.165, 1.54) is 11.8 Å². The second kappa shape index (κ2) is 9.60. The predicted octanol–water partition coefficient (Wildman–Crippen LogP) is 4.16. The molecule has 1 fully saturated rings. The largest absolute Gasteiger partial charge is 0.497 e. The molecule has 9 heteroatoms. The van der Waals surface area contributed by atoms with Crippen molar-refractivity contribution in [3.05, 3.63) is 53.6 Å². The van der Waals surface area contributed by atoms with E-state index in [0.29, 0.717) is 17.3 Å². The monoisotopic (exact) mass is 478 g/mol. The van der Waals surface area contributed by atoms with E-state index in [4.69, 9.17) is 9.47 Å². The van der Waals surface area contributed by atoms with Crippen LogP contribution in [0, 0.1) is 0 Å². The van der Waals surface area contributed by atoms with Gasteiger partial charge in [-0.25, -0.2) is 0 Å². The van der Waals surface area contributed by atoms with E-state index in [1.54, 1.807) is 19.2 Å². The number of ketones is 1. The number of hydrogen-bond donors (Lipinski definition) is 1. The molecule has 5 rings (SSSR count). The Labute approximate surface area is 202 Å². The second-order valence-corrected chi connectivity index (χ2v) is 9.45. The topological polar surface area (TPSA) is 95.3 Å². The van der Waals surface area contributed by atoms with E-state index < -0.39 is 0 Å². The zero-order valence-electron chi connectivity index (χ0n) is 19.1. The summed E-state index contributed by atoms with van der Waals surface area (Å²) in [6.07, 6.45) is 2.13. The normalized spacial score (nSPS) is 19.2. The van der Waals surface area contributed by atoms with E-state index in [1.807, 2.05) is 41.8 Å². The number of nitrogens with one attached hydrogen (secondary N) is 1. The molecule has 3 heterocycles. The molecule has 0 radical (unpaired) electrons. The van der Waals surface area contributed by atoms with Crippen molar-refractivity contribution in [2.45, 2.75) is 43.5 Å². The van der Waals surface area contributed by atoms with Crippen LogP contribution in [0.3, 0.4) is 0 Å². The zero-order valence-corrected chi connectivity index (χ0v) is 19.9. The van der Waals surface area contributed by atoms with Crippen LogP contribution >= 0.6 is 11.8 Å². The Morgan fingerprint density at radius 3 is 2.79 bits per heavy atom. The fraction of sp³-hybridized carbons (Fsp3) is 0.360. The van der Waals surface area contributed by atoms with Gasteiger partial charge in [-0.15, -0.1) is 10.2 Å². The molecule has 0 bridgehead atoms. The number of anilines is 1. The standard InChI is InChI=1S/C25H26N4O4S/c1-15-20-12-17(7-10-21(20)26-24(15)31)22(30)14-34-25-28-27-23(16-5-8-18(32-2)9-6-16)29(25)13-19-4-3-11-33-19/h5-10,12,15,19H,3-4,11,13-14H2,1-2H3,(H,26,31)/t15-,19-/m1/s1. The number of fused-ring (bicyclic) bond motifs is 1. The lowest BCUT2D eigenvalue weighted by atomic mass is 9.99. The molecule has 1 amide bonds. The van der Waals surface area contributed by atoms with Crippen molar-refractivity contribution in [3.8, 4) is 17.1 Å². The van der Waals surface area contributed by atoms with Crippen LogP contribution in [-0.4, -0.2) is 52.0 Å². The molecule has 0 unspecified atom stereocenters.